The molecule has 7 nitrogen and oxygen atoms in total. The van der Waals surface area contributed by atoms with Crippen molar-refractivity contribution in [3.05, 3.63) is 46.9 Å². The van der Waals surface area contributed by atoms with Gasteiger partial charge >= 0.3 is 0 Å². The summed E-state index contributed by atoms with van der Waals surface area (Å²) in [6.07, 6.45) is 8.64. The zero-order valence-electron chi connectivity index (χ0n) is 20.1. The predicted molar refractivity (Wildman–Crippen MR) is 137 cm³/mol. The van der Waals surface area contributed by atoms with Gasteiger partial charge in [-0.15, -0.1) is 21.5 Å². The van der Waals surface area contributed by atoms with Gasteiger partial charge in [-0.1, -0.05) is 13.3 Å². The van der Waals surface area contributed by atoms with Crippen molar-refractivity contribution in [3.8, 4) is 11.4 Å². The van der Waals surface area contributed by atoms with Crippen LogP contribution in [0.25, 0.3) is 15.9 Å². The Morgan fingerprint density at radius 1 is 1.09 bits per heavy atom. The number of benzene rings is 1. The lowest BCUT2D eigenvalue weighted by molar-refractivity contribution is 0.276. The molecule has 0 spiro atoms. The summed E-state index contributed by atoms with van der Waals surface area (Å²) in [6.45, 7) is 2.18. The van der Waals surface area contributed by atoms with Crippen LogP contribution in [0.5, 0.6) is 5.75 Å². The van der Waals surface area contributed by atoms with E-state index in [1.54, 1.807) is 25.2 Å². The number of methoxy groups -OCH3 is 1. The van der Waals surface area contributed by atoms with Crippen LogP contribution >= 0.6 is 23.1 Å². The maximum atomic E-state index is 5.38. The molecule has 0 radical (unpaired) electrons. The zero-order chi connectivity index (χ0) is 23.7. The van der Waals surface area contributed by atoms with Crippen LogP contribution < -0.4 is 4.74 Å². The fraction of sp³-hybridized carbons (Fsp3) is 0.440. The molecule has 1 aliphatic rings. The molecule has 0 saturated heterocycles. The molecule has 34 heavy (non-hydrogen) atoms. The van der Waals surface area contributed by atoms with Crippen LogP contribution in [0.4, 0.5) is 0 Å². The number of nitrogens with zero attached hydrogens (tertiary/aromatic N) is 6. The summed E-state index contributed by atoms with van der Waals surface area (Å²) in [5.74, 6) is 1.75. The van der Waals surface area contributed by atoms with Crippen molar-refractivity contribution in [2.75, 3.05) is 21.2 Å². The van der Waals surface area contributed by atoms with E-state index in [-0.39, 0.29) is 6.04 Å². The molecule has 0 amide bonds. The summed E-state index contributed by atoms with van der Waals surface area (Å²) >= 11 is 3.42. The molecular formula is C25H30N6OS2. The second-order valence-corrected chi connectivity index (χ2v) is 10.8. The van der Waals surface area contributed by atoms with Crippen molar-refractivity contribution in [1.29, 1.82) is 0 Å². The Hall–Kier alpha value is -2.49. The third-order valence-electron chi connectivity index (χ3n) is 6.45. The van der Waals surface area contributed by atoms with Gasteiger partial charge in [0, 0.05) is 16.0 Å². The summed E-state index contributed by atoms with van der Waals surface area (Å²) in [5.41, 5.74) is 2.45. The van der Waals surface area contributed by atoms with Gasteiger partial charge in [-0.2, -0.15) is 0 Å². The van der Waals surface area contributed by atoms with E-state index >= 15 is 0 Å². The molecule has 3 heterocycles. The number of ether oxygens (including phenoxy) is 1. The van der Waals surface area contributed by atoms with E-state index in [0.29, 0.717) is 0 Å². The van der Waals surface area contributed by atoms with E-state index in [0.717, 1.165) is 51.5 Å². The van der Waals surface area contributed by atoms with Gasteiger partial charge in [-0.25, -0.2) is 9.97 Å². The second kappa shape index (κ2) is 10.0. The van der Waals surface area contributed by atoms with Gasteiger partial charge in [0.05, 0.1) is 13.2 Å². The Kier molecular flexibility index (Phi) is 6.85. The number of hydrogen-bond donors (Lipinski definition) is 0. The highest BCUT2D eigenvalue weighted by Gasteiger charge is 2.26. The molecule has 0 N–H and O–H groups in total. The minimum atomic E-state index is 0.145. The molecule has 1 aromatic carbocycles. The van der Waals surface area contributed by atoms with Crippen LogP contribution in [0.2, 0.25) is 0 Å². The predicted octanol–water partition coefficient (Wildman–Crippen LogP) is 5.71. The summed E-state index contributed by atoms with van der Waals surface area (Å²) in [6, 6.07) is 8.22. The third-order valence-corrected chi connectivity index (χ3v) is 8.60. The third kappa shape index (κ3) is 4.32. The normalized spacial score (nSPS) is 14.9. The number of aromatic nitrogens is 5. The van der Waals surface area contributed by atoms with E-state index in [1.807, 2.05) is 23.5 Å². The molecule has 178 valence electrons. The lowest BCUT2D eigenvalue weighted by atomic mass is 10.1. The molecule has 1 atom stereocenters. The van der Waals surface area contributed by atoms with Crippen LogP contribution in [0, 0.1) is 0 Å². The highest BCUT2D eigenvalue weighted by molar-refractivity contribution is 7.99. The number of rotatable bonds is 7. The minimum Gasteiger partial charge on any atom is -0.497 e. The summed E-state index contributed by atoms with van der Waals surface area (Å²) in [4.78, 5) is 14.1. The first-order valence-corrected chi connectivity index (χ1v) is 13.4. The summed E-state index contributed by atoms with van der Waals surface area (Å²) < 4.78 is 7.55. The van der Waals surface area contributed by atoms with E-state index in [9.17, 15) is 0 Å². The highest BCUT2D eigenvalue weighted by Crippen LogP contribution is 2.41. The highest BCUT2D eigenvalue weighted by atomic mass is 32.2. The van der Waals surface area contributed by atoms with Gasteiger partial charge in [0.25, 0.3) is 0 Å². The van der Waals surface area contributed by atoms with Gasteiger partial charge in [-0.05, 0) is 87.8 Å². The van der Waals surface area contributed by atoms with Gasteiger partial charge in [0.15, 0.2) is 5.82 Å². The van der Waals surface area contributed by atoms with Crippen molar-refractivity contribution in [1.82, 2.24) is 29.6 Å². The number of hydrogen-bond acceptors (Lipinski definition) is 8. The Morgan fingerprint density at radius 3 is 2.62 bits per heavy atom. The molecule has 3 aromatic heterocycles. The van der Waals surface area contributed by atoms with Gasteiger partial charge in [0.2, 0.25) is 5.16 Å². The average molecular weight is 495 g/mol. The molecule has 0 unspecified atom stereocenters. The van der Waals surface area contributed by atoms with Crippen molar-refractivity contribution in [2.24, 2.45) is 0 Å². The standard InChI is InChI=1S/C25H30N6OS2/c1-5-19(30(2)3)22-28-29-25(31(22)16-11-13-17(32-4)14-12-16)34-24-21-18-9-7-6-8-10-20(18)33-23(21)26-15-27-24/h11-15,19H,5-10H2,1-4H3/t19-/m1/s1. The van der Waals surface area contributed by atoms with E-state index < -0.39 is 0 Å². The largest absolute Gasteiger partial charge is 0.497 e. The van der Waals surface area contributed by atoms with Gasteiger partial charge in [-0.3, -0.25) is 9.47 Å². The Bertz CT molecular complexity index is 1280. The second-order valence-electron chi connectivity index (χ2n) is 8.79. The van der Waals surface area contributed by atoms with Crippen LogP contribution in [0.3, 0.4) is 0 Å². The van der Waals surface area contributed by atoms with E-state index in [1.165, 1.54) is 35.1 Å². The van der Waals surface area contributed by atoms with Gasteiger partial charge < -0.3 is 4.74 Å². The lowest BCUT2D eigenvalue weighted by Gasteiger charge is -2.23. The lowest BCUT2D eigenvalue weighted by Crippen LogP contribution is -2.22. The number of thiophene rings is 1. The maximum Gasteiger partial charge on any atom is 0.202 e. The minimum absolute atomic E-state index is 0.145. The molecule has 5 rings (SSSR count). The molecule has 0 bridgehead atoms. The van der Waals surface area contributed by atoms with E-state index in [2.05, 4.69) is 57.8 Å². The molecule has 1 aliphatic carbocycles. The maximum absolute atomic E-state index is 5.38. The van der Waals surface area contributed by atoms with Crippen LogP contribution in [-0.4, -0.2) is 50.8 Å². The zero-order valence-corrected chi connectivity index (χ0v) is 21.7. The molecule has 9 heteroatoms. The first-order chi connectivity index (χ1) is 16.6. The van der Waals surface area contributed by atoms with Crippen LogP contribution in [0.15, 0.2) is 40.8 Å². The number of fused-ring (bicyclic) bond motifs is 3. The monoisotopic (exact) mass is 494 g/mol. The van der Waals surface area contributed by atoms with Gasteiger partial charge in [0.1, 0.15) is 21.9 Å². The van der Waals surface area contributed by atoms with E-state index in [4.69, 9.17) is 9.72 Å². The van der Waals surface area contributed by atoms with Crippen LogP contribution in [0.1, 0.15) is 54.9 Å². The van der Waals surface area contributed by atoms with Crippen molar-refractivity contribution in [2.45, 2.75) is 61.7 Å². The van der Waals surface area contributed by atoms with Crippen LogP contribution in [-0.2, 0) is 12.8 Å². The first-order valence-electron chi connectivity index (χ1n) is 11.8. The fourth-order valence-corrected chi connectivity index (χ4v) is 6.98. The molecular weight excluding hydrogens is 464 g/mol. The van der Waals surface area contributed by atoms with Crippen molar-refractivity contribution >= 4 is 33.3 Å². The Balaban J connectivity index is 1.63. The topological polar surface area (TPSA) is 69.0 Å². The SMILES string of the molecule is CC[C@H](c1nnc(Sc2ncnc3sc4c(c23)CCCCC4)n1-c1ccc(OC)cc1)N(C)C. The van der Waals surface area contributed by atoms with Crippen molar-refractivity contribution < 1.29 is 4.74 Å². The Morgan fingerprint density at radius 2 is 1.88 bits per heavy atom. The average Bonchev–Trinajstić information content (AvgIpc) is 3.33. The first kappa shape index (κ1) is 23.3. The molecule has 0 saturated carbocycles. The molecule has 0 aliphatic heterocycles. The number of aryl methyl sites for hydroxylation is 2. The smallest absolute Gasteiger partial charge is 0.202 e. The summed E-state index contributed by atoms with van der Waals surface area (Å²) in [7, 11) is 5.86. The Labute approximate surface area is 208 Å². The fourth-order valence-electron chi connectivity index (χ4n) is 4.72. The quantitative estimate of drug-likeness (QED) is 0.241. The molecule has 0 fully saturated rings. The van der Waals surface area contributed by atoms with Crippen molar-refractivity contribution in [3.63, 3.8) is 0 Å². The summed E-state index contributed by atoms with van der Waals surface area (Å²) in [5, 5.41) is 12.3. The molecule has 4 aromatic rings.